The van der Waals surface area contributed by atoms with Gasteiger partial charge in [0.2, 0.25) is 5.91 Å². The molecule has 1 aliphatic heterocycles. The molecule has 0 fully saturated rings. The highest BCUT2D eigenvalue weighted by atomic mass is 35.5. The van der Waals surface area contributed by atoms with E-state index in [9.17, 15) is 19.6 Å². The molecule has 2 aromatic heterocycles. The van der Waals surface area contributed by atoms with Crippen LogP contribution in [0.4, 0.5) is 11.4 Å². The maximum atomic E-state index is 14.2. The topological polar surface area (TPSA) is 139 Å². The number of nitrogens with zero attached hydrogens (tertiary/aromatic N) is 5. The number of halogens is 1. The van der Waals surface area contributed by atoms with Gasteiger partial charge in [-0.25, -0.2) is 9.78 Å². The number of rotatable bonds is 10. The monoisotopic (exact) mass is 704 g/mol. The maximum Gasteiger partial charge on any atom is 0.336 e. The fourth-order valence-corrected chi connectivity index (χ4v) is 6.69. The quantitative estimate of drug-likeness (QED) is 0.0863. The third-order valence-corrected chi connectivity index (χ3v) is 9.10. The standard InChI is InChI=1S/C39H37ClN6O5/c1-5-9-33(47)46(50)28-18-14-26(15-19-28)44-38(48)34-23(3)42-37(36(39(49)51-6-2)35(34)29-10-7-8-11-30(29)40)25-12-16-27(17-13-25)45-24(4)43-31-22-41-21-20-32(31)45/h7-8,10-22,34-35,50H,5-6,9H2,1-4H3,(H,44,48). The number of hydroxylamine groups is 1. The molecule has 260 valence electrons. The summed E-state index contributed by atoms with van der Waals surface area (Å²) in [6, 6.07) is 22.9. The summed E-state index contributed by atoms with van der Waals surface area (Å²) in [6.45, 7) is 7.36. The fraction of sp³-hybridized carbons (Fsp3) is 0.231. The van der Waals surface area contributed by atoms with Gasteiger partial charge in [-0.05, 0) is 81.3 Å². The van der Waals surface area contributed by atoms with E-state index in [2.05, 4.69) is 15.3 Å². The fourth-order valence-electron chi connectivity index (χ4n) is 6.43. The van der Waals surface area contributed by atoms with Gasteiger partial charge in [0.25, 0.3) is 5.91 Å². The molecule has 11 nitrogen and oxygen atoms in total. The first-order valence-electron chi connectivity index (χ1n) is 16.7. The smallest absolute Gasteiger partial charge is 0.336 e. The molecule has 2 unspecified atom stereocenters. The van der Waals surface area contributed by atoms with Crippen LogP contribution >= 0.6 is 11.6 Å². The van der Waals surface area contributed by atoms with Crippen molar-refractivity contribution in [2.45, 2.75) is 46.5 Å². The van der Waals surface area contributed by atoms with Crippen LogP contribution in [-0.4, -0.2) is 49.8 Å². The van der Waals surface area contributed by atoms with E-state index in [0.717, 1.165) is 22.5 Å². The van der Waals surface area contributed by atoms with Crippen LogP contribution in [0.5, 0.6) is 0 Å². The van der Waals surface area contributed by atoms with Crippen LogP contribution in [0, 0.1) is 12.8 Å². The number of aliphatic imine (C=N–C) groups is 1. The second kappa shape index (κ2) is 15.1. The molecule has 0 radical (unpaired) electrons. The van der Waals surface area contributed by atoms with Crippen LogP contribution in [0.25, 0.3) is 22.4 Å². The van der Waals surface area contributed by atoms with E-state index in [0.29, 0.717) is 44.7 Å². The summed E-state index contributed by atoms with van der Waals surface area (Å²) in [4.78, 5) is 54.1. The summed E-state index contributed by atoms with van der Waals surface area (Å²) in [5.74, 6) is -2.46. The lowest BCUT2D eigenvalue weighted by atomic mass is 9.74. The number of esters is 1. The van der Waals surface area contributed by atoms with Crippen molar-refractivity contribution in [3.05, 3.63) is 119 Å². The average Bonchev–Trinajstić information content (AvgIpc) is 3.47. The Morgan fingerprint density at radius 3 is 2.39 bits per heavy atom. The third kappa shape index (κ3) is 7.03. The van der Waals surface area contributed by atoms with Gasteiger partial charge in [-0.3, -0.25) is 29.3 Å². The Kier molecular flexibility index (Phi) is 10.4. The van der Waals surface area contributed by atoms with Crippen molar-refractivity contribution in [3.8, 4) is 5.69 Å². The molecule has 3 heterocycles. The van der Waals surface area contributed by atoms with Crippen LogP contribution in [0.1, 0.15) is 56.5 Å². The summed E-state index contributed by atoms with van der Waals surface area (Å²) in [5.41, 5.74) is 5.53. The molecule has 3 aromatic carbocycles. The number of nitrogens with one attached hydrogen (secondary N) is 1. The molecule has 0 saturated carbocycles. The van der Waals surface area contributed by atoms with Crippen LogP contribution in [0.3, 0.4) is 0 Å². The van der Waals surface area contributed by atoms with E-state index in [-0.39, 0.29) is 24.3 Å². The number of pyridine rings is 1. The van der Waals surface area contributed by atoms with E-state index < -0.39 is 29.6 Å². The maximum absolute atomic E-state index is 14.2. The second-order valence-electron chi connectivity index (χ2n) is 12.1. The lowest BCUT2D eigenvalue weighted by molar-refractivity contribution is -0.139. The Bertz CT molecular complexity index is 2170. The van der Waals surface area contributed by atoms with E-state index in [1.54, 1.807) is 62.6 Å². The molecule has 0 aliphatic carbocycles. The lowest BCUT2D eigenvalue weighted by Crippen LogP contribution is -2.38. The van der Waals surface area contributed by atoms with Gasteiger partial charge in [0.1, 0.15) is 11.3 Å². The van der Waals surface area contributed by atoms with E-state index in [1.807, 2.05) is 48.7 Å². The Labute approximate surface area is 300 Å². The van der Waals surface area contributed by atoms with Crippen LogP contribution in [0.2, 0.25) is 5.02 Å². The van der Waals surface area contributed by atoms with Gasteiger partial charge >= 0.3 is 5.97 Å². The number of carbonyl (C=O) groups excluding carboxylic acids is 3. The first-order valence-corrected chi connectivity index (χ1v) is 17.0. The van der Waals surface area contributed by atoms with Gasteiger partial charge in [-0.1, -0.05) is 48.9 Å². The highest BCUT2D eigenvalue weighted by Gasteiger charge is 2.43. The molecule has 0 bridgehead atoms. The summed E-state index contributed by atoms with van der Waals surface area (Å²) in [7, 11) is 0. The molecular formula is C39H37ClN6O5. The van der Waals surface area contributed by atoms with Crippen LogP contribution in [-0.2, 0) is 19.1 Å². The predicted octanol–water partition coefficient (Wildman–Crippen LogP) is 7.69. The van der Waals surface area contributed by atoms with Crippen molar-refractivity contribution in [3.63, 3.8) is 0 Å². The molecule has 51 heavy (non-hydrogen) atoms. The number of ether oxygens (including phenoxy) is 1. The molecule has 2 atom stereocenters. The normalized spacial score (nSPS) is 15.8. The van der Waals surface area contributed by atoms with Crippen LogP contribution in [0.15, 0.2) is 102 Å². The lowest BCUT2D eigenvalue weighted by Gasteiger charge is -2.33. The first kappa shape index (κ1) is 35.2. The Morgan fingerprint density at radius 1 is 0.980 bits per heavy atom. The first-order chi connectivity index (χ1) is 24.6. The van der Waals surface area contributed by atoms with Crippen molar-refractivity contribution >= 4 is 63.2 Å². The van der Waals surface area contributed by atoms with Gasteiger partial charge in [0, 0.05) is 46.2 Å². The summed E-state index contributed by atoms with van der Waals surface area (Å²) in [5, 5.41) is 14.2. The molecule has 1 aliphatic rings. The summed E-state index contributed by atoms with van der Waals surface area (Å²) in [6.07, 6.45) is 4.23. The zero-order valence-corrected chi connectivity index (χ0v) is 29.4. The highest BCUT2D eigenvalue weighted by molar-refractivity contribution is 6.31. The molecule has 0 spiro atoms. The SMILES string of the molecule is CCCC(=O)N(O)c1ccc(NC(=O)C2C(C)=NC(c3ccc(-n4c(C)nc5cnccc54)cc3)=C(C(=O)OCC)C2c2ccccc2Cl)cc1. The largest absolute Gasteiger partial charge is 0.463 e. The number of aryl methyl sites for hydroxylation is 1. The molecule has 2 N–H and O–H groups in total. The zero-order chi connectivity index (χ0) is 36.2. The Morgan fingerprint density at radius 2 is 1.71 bits per heavy atom. The number of hydrogen-bond donors (Lipinski definition) is 2. The average molecular weight is 705 g/mol. The molecule has 6 rings (SSSR count). The number of hydrogen-bond acceptors (Lipinski definition) is 8. The number of anilines is 2. The minimum atomic E-state index is -0.943. The number of benzene rings is 3. The van der Waals surface area contributed by atoms with Crippen molar-refractivity contribution in [1.29, 1.82) is 0 Å². The van der Waals surface area contributed by atoms with E-state index >= 15 is 0 Å². The number of fused-ring (bicyclic) bond motifs is 1. The number of carbonyl (C=O) groups is 3. The van der Waals surface area contributed by atoms with Gasteiger partial charge in [0.05, 0.1) is 41.2 Å². The van der Waals surface area contributed by atoms with Crippen LogP contribution < -0.4 is 10.4 Å². The molecule has 5 aromatic rings. The second-order valence-corrected chi connectivity index (χ2v) is 12.5. The number of imidazole rings is 1. The van der Waals surface area contributed by atoms with Gasteiger partial charge < -0.3 is 10.1 Å². The van der Waals surface area contributed by atoms with Gasteiger partial charge in [0.15, 0.2) is 0 Å². The van der Waals surface area contributed by atoms with Gasteiger partial charge in [-0.2, -0.15) is 5.06 Å². The third-order valence-electron chi connectivity index (χ3n) is 8.76. The van der Waals surface area contributed by atoms with Crippen molar-refractivity contribution in [1.82, 2.24) is 14.5 Å². The Hall–Kier alpha value is -5.65. The Balaban J connectivity index is 1.41. The van der Waals surface area contributed by atoms with E-state index in [4.69, 9.17) is 21.3 Å². The highest BCUT2D eigenvalue weighted by Crippen LogP contribution is 2.45. The molecule has 0 saturated heterocycles. The number of amides is 2. The summed E-state index contributed by atoms with van der Waals surface area (Å²) >= 11 is 6.80. The minimum absolute atomic E-state index is 0.111. The molecular weight excluding hydrogens is 668 g/mol. The zero-order valence-electron chi connectivity index (χ0n) is 28.6. The van der Waals surface area contributed by atoms with Crippen molar-refractivity contribution in [2.75, 3.05) is 17.0 Å². The summed E-state index contributed by atoms with van der Waals surface area (Å²) < 4.78 is 7.64. The van der Waals surface area contributed by atoms with E-state index in [1.165, 1.54) is 12.1 Å². The predicted molar refractivity (Wildman–Crippen MR) is 197 cm³/mol. The molecule has 12 heteroatoms. The van der Waals surface area contributed by atoms with Crippen molar-refractivity contribution < 1.29 is 24.3 Å². The minimum Gasteiger partial charge on any atom is -0.463 e. The van der Waals surface area contributed by atoms with Crippen molar-refractivity contribution in [2.24, 2.45) is 10.9 Å². The number of aromatic nitrogens is 3. The molecule has 2 amide bonds. The van der Waals surface area contributed by atoms with Gasteiger partial charge in [-0.15, -0.1) is 0 Å².